The molecule has 2 atom stereocenters. The van der Waals surface area contributed by atoms with Crippen molar-refractivity contribution >= 4 is 23.2 Å². The number of nitrogens with one attached hydrogen (secondary N) is 1. The highest BCUT2D eigenvalue weighted by Crippen LogP contribution is 2.29. The minimum atomic E-state index is -0.535. The summed E-state index contributed by atoms with van der Waals surface area (Å²) >= 11 is 11.7. The molecule has 1 aliphatic rings. The number of aliphatic hydroxyl groups excluding tert-OH is 1. The number of benzene rings is 1. The molecule has 0 spiro atoms. The van der Waals surface area contributed by atoms with Crippen LogP contribution in [-0.4, -0.2) is 30.4 Å². The Morgan fingerprint density at radius 3 is 2.70 bits per heavy atom. The standard InChI is InChI=1S/C15H21Cl2NO2/c1-10(11-3-2-4-11)18-8-12(19)9-20-13-5-6-14(16)15(17)7-13/h5-7,10-12,18-19H,2-4,8-9H2,1H3. The topological polar surface area (TPSA) is 41.5 Å². The van der Waals surface area contributed by atoms with Gasteiger partial charge in [0.25, 0.3) is 0 Å². The Labute approximate surface area is 130 Å². The summed E-state index contributed by atoms with van der Waals surface area (Å²) in [6.07, 6.45) is 3.39. The molecule has 0 bridgehead atoms. The largest absolute Gasteiger partial charge is 0.491 e. The van der Waals surface area contributed by atoms with E-state index in [1.165, 1.54) is 19.3 Å². The van der Waals surface area contributed by atoms with Crippen LogP contribution in [0.1, 0.15) is 26.2 Å². The van der Waals surface area contributed by atoms with Crippen molar-refractivity contribution in [1.82, 2.24) is 5.32 Å². The van der Waals surface area contributed by atoms with Gasteiger partial charge < -0.3 is 15.2 Å². The lowest BCUT2D eigenvalue weighted by Crippen LogP contribution is -2.42. The van der Waals surface area contributed by atoms with Crippen molar-refractivity contribution in [3.05, 3.63) is 28.2 Å². The lowest BCUT2D eigenvalue weighted by Gasteiger charge is -2.32. The normalized spacial score (nSPS) is 18.4. The molecule has 0 saturated heterocycles. The van der Waals surface area contributed by atoms with Gasteiger partial charge in [-0.3, -0.25) is 0 Å². The van der Waals surface area contributed by atoms with Crippen LogP contribution in [0.3, 0.4) is 0 Å². The zero-order chi connectivity index (χ0) is 14.5. The van der Waals surface area contributed by atoms with Gasteiger partial charge in [-0.05, 0) is 37.8 Å². The molecule has 3 nitrogen and oxygen atoms in total. The molecule has 1 aromatic carbocycles. The minimum Gasteiger partial charge on any atom is -0.491 e. The molecule has 1 saturated carbocycles. The molecule has 2 rings (SSSR count). The number of rotatable bonds is 7. The predicted octanol–water partition coefficient (Wildman–Crippen LogP) is 3.51. The second kappa shape index (κ2) is 7.51. The molecule has 1 aromatic rings. The molecule has 0 amide bonds. The van der Waals surface area contributed by atoms with Crippen molar-refractivity contribution in [2.75, 3.05) is 13.2 Å². The fraction of sp³-hybridized carbons (Fsp3) is 0.600. The number of hydrogen-bond donors (Lipinski definition) is 2. The van der Waals surface area contributed by atoms with Crippen molar-refractivity contribution < 1.29 is 9.84 Å². The van der Waals surface area contributed by atoms with Crippen LogP contribution in [-0.2, 0) is 0 Å². The van der Waals surface area contributed by atoms with Crippen LogP contribution in [0.5, 0.6) is 5.75 Å². The van der Waals surface area contributed by atoms with Gasteiger partial charge in [0.15, 0.2) is 0 Å². The number of ether oxygens (including phenoxy) is 1. The van der Waals surface area contributed by atoms with Crippen LogP contribution in [0.25, 0.3) is 0 Å². The van der Waals surface area contributed by atoms with Crippen LogP contribution >= 0.6 is 23.2 Å². The van der Waals surface area contributed by atoms with Gasteiger partial charge in [0.1, 0.15) is 18.5 Å². The SMILES string of the molecule is CC(NCC(O)COc1ccc(Cl)c(Cl)c1)C1CCC1. The first-order valence-electron chi connectivity index (χ1n) is 7.05. The molecule has 0 aliphatic heterocycles. The maximum atomic E-state index is 9.91. The van der Waals surface area contributed by atoms with Crippen LogP contribution in [0.2, 0.25) is 10.0 Å². The second-order valence-corrected chi connectivity index (χ2v) is 6.24. The van der Waals surface area contributed by atoms with Gasteiger partial charge in [0, 0.05) is 18.7 Å². The Kier molecular flexibility index (Phi) is 5.97. The fourth-order valence-corrected chi connectivity index (χ4v) is 2.53. The summed E-state index contributed by atoms with van der Waals surface area (Å²) in [4.78, 5) is 0. The summed E-state index contributed by atoms with van der Waals surface area (Å²) in [6.45, 7) is 2.96. The molecule has 5 heteroatoms. The van der Waals surface area contributed by atoms with E-state index < -0.39 is 6.10 Å². The zero-order valence-corrected chi connectivity index (χ0v) is 13.1. The Bertz CT molecular complexity index is 438. The average molecular weight is 318 g/mol. The lowest BCUT2D eigenvalue weighted by atomic mass is 9.80. The molecular weight excluding hydrogens is 297 g/mol. The van der Waals surface area contributed by atoms with Gasteiger partial charge in [0.05, 0.1) is 10.0 Å². The van der Waals surface area contributed by atoms with Gasteiger partial charge in [0.2, 0.25) is 0 Å². The second-order valence-electron chi connectivity index (χ2n) is 5.43. The van der Waals surface area contributed by atoms with Crippen molar-refractivity contribution in [2.24, 2.45) is 5.92 Å². The van der Waals surface area contributed by atoms with Crippen LogP contribution in [0.15, 0.2) is 18.2 Å². The first kappa shape index (κ1) is 15.9. The number of halogens is 2. The summed E-state index contributed by atoms with van der Waals surface area (Å²) in [5.41, 5.74) is 0. The van der Waals surface area contributed by atoms with E-state index in [0.29, 0.717) is 28.4 Å². The molecule has 2 N–H and O–H groups in total. The van der Waals surface area contributed by atoms with Gasteiger partial charge in [-0.25, -0.2) is 0 Å². The predicted molar refractivity (Wildman–Crippen MR) is 82.8 cm³/mol. The smallest absolute Gasteiger partial charge is 0.121 e. The molecule has 20 heavy (non-hydrogen) atoms. The minimum absolute atomic E-state index is 0.238. The first-order chi connectivity index (χ1) is 9.56. The summed E-state index contributed by atoms with van der Waals surface area (Å²) in [5, 5.41) is 14.2. The third-order valence-electron chi connectivity index (χ3n) is 3.87. The highest BCUT2D eigenvalue weighted by atomic mass is 35.5. The summed E-state index contributed by atoms with van der Waals surface area (Å²) in [6, 6.07) is 5.54. The van der Waals surface area contributed by atoms with Crippen LogP contribution < -0.4 is 10.1 Å². The van der Waals surface area contributed by atoms with E-state index in [2.05, 4.69) is 12.2 Å². The van der Waals surface area contributed by atoms with E-state index in [4.69, 9.17) is 27.9 Å². The molecule has 1 fully saturated rings. The third kappa shape index (κ3) is 4.52. The van der Waals surface area contributed by atoms with E-state index in [1.54, 1.807) is 18.2 Å². The highest BCUT2D eigenvalue weighted by Gasteiger charge is 2.23. The van der Waals surface area contributed by atoms with Crippen molar-refractivity contribution in [2.45, 2.75) is 38.3 Å². The molecule has 112 valence electrons. The average Bonchev–Trinajstić information content (AvgIpc) is 2.36. The van der Waals surface area contributed by atoms with E-state index in [9.17, 15) is 5.11 Å². The molecule has 0 radical (unpaired) electrons. The molecule has 2 unspecified atom stereocenters. The Hall–Kier alpha value is -0.480. The van der Waals surface area contributed by atoms with Gasteiger partial charge in [-0.15, -0.1) is 0 Å². The zero-order valence-electron chi connectivity index (χ0n) is 11.6. The van der Waals surface area contributed by atoms with Crippen molar-refractivity contribution in [1.29, 1.82) is 0 Å². The monoisotopic (exact) mass is 317 g/mol. The molecular formula is C15H21Cl2NO2. The van der Waals surface area contributed by atoms with Crippen molar-refractivity contribution in [3.63, 3.8) is 0 Å². The summed E-state index contributed by atoms with van der Waals surface area (Å²) in [7, 11) is 0. The van der Waals surface area contributed by atoms with E-state index in [0.717, 1.165) is 5.92 Å². The maximum absolute atomic E-state index is 9.91. The third-order valence-corrected chi connectivity index (χ3v) is 4.60. The highest BCUT2D eigenvalue weighted by molar-refractivity contribution is 6.42. The molecule has 0 aromatic heterocycles. The van der Waals surface area contributed by atoms with Gasteiger partial charge >= 0.3 is 0 Å². The molecule has 1 aliphatic carbocycles. The van der Waals surface area contributed by atoms with E-state index in [1.807, 2.05) is 0 Å². The molecule has 0 heterocycles. The number of hydrogen-bond acceptors (Lipinski definition) is 3. The Balaban J connectivity index is 1.68. The Morgan fingerprint density at radius 2 is 2.10 bits per heavy atom. The van der Waals surface area contributed by atoms with Crippen LogP contribution in [0.4, 0.5) is 0 Å². The quantitative estimate of drug-likeness (QED) is 0.808. The van der Waals surface area contributed by atoms with Crippen molar-refractivity contribution in [3.8, 4) is 5.75 Å². The van der Waals surface area contributed by atoms with Gasteiger partial charge in [-0.2, -0.15) is 0 Å². The van der Waals surface area contributed by atoms with E-state index >= 15 is 0 Å². The maximum Gasteiger partial charge on any atom is 0.121 e. The first-order valence-corrected chi connectivity index (χ1v) is 7.81. The lowest BCUT2D eigenvalue weighted by molar-refractivity contribution is 0.0982. The summed E-state index contributed by atoms with van der Waals surface area (Å²) < 4.78 is 5.50. The van der Waals surface area contributed by atoms with E-state index in [-0.39, 0.29) is 6.61 Å². The number of aliphatic hydroxyl groups is 1. The Morgan fingerprint density at radius 1 is 1.35 bits per heavy atom. The van der Waals surface area contributed by atoms with Gasteiger partial charge in [-0.1, -0.05) is 29.6 Å². The fourth-order valence-electron chi connectivity index (χ4n) is 2.25. The summed E-state index contributed by atoms with van der Waals surface area (Å²) in [5.74, 6) is 1.38. The van der Waals surface area contributed by atoms with Crippen LogP contribution in [0, 0.1) is 5.92 Å².